The van der Waals surface area contributed by atoms with Crippen molar-refractivity contribution < 1.29 is 28.9 Å². The van der Waals surface area contributed by atoms with Crippen molar-refractivity contribution in [1.82, 2.24) is 9.88 Å². The molecule has 0 aliphatic carbocycles. The van der Waals surface area contributed by atoms with Crippen molar-refractivity contribution in [3.63, 3.8) is 0 Å². The second-order valence-corrected chi connectivity index (χ2v) is 9.99. The number of carboxylic acids is 1. The lowest BCUT2D eigenvalue weighted by Crippen LogP contribution is -2.36. The number of rotatable bonds is 12. The Hall–Kier alpha value is -3.49. The van der Waals surface area contributed by atoms with Gasteiger partial charge >= 0.3 is 5.97 Å². The van der Waals surface area contributed by atoms with Crippen molar-refractivity contribution in [3.8, 4) is 22.8 Å². The van der Waals surface area contributed by atoms with Gasteiger partial charge in [0.25, 0.3) is 0 Å². The first-order chi connectivity index (χ1) is 18.0. The van der Waals surface area contributed by atoms with E-state index in [1.165, 1.54) is 20.2 Å². The molecule has 0 unspecified atom stereocenters. The molecule has 7 nitrogen and oxygen atoms in total. The van der Waals surface area contributed by atoms with Crippen LogP contribution in [0.25, 0.3) is 11.1 Å². The average Bonchev–Trinajstić information content (AvgIpc) is 2.89. The molecule has 0 aliphatic heterocycles. The van der Waals surface area contributed by atoms with E-state index in [0.29, 0.717) is 29.3 Å². The van der Waals surface area contributed by atoms with Gasteiger partial charge in [0.05, 0.1) is 25.3 Å². The van der Waals surface area contributed by atoms with Gasteiger partial charge in [-0.15, -0.1) is 0 Å². The lowest BCUT2D eigenvalue weighted by molar-refractivity contribution is -0.145. The number of carboxylic acid groups (broad SMARTS) is 1. The summed E-state index contributed by atoms with van der Waals surface area (Å²) in [5, 5.41) is 19.6. The number of aliphatic carboxylic acids is 1. The number of hydrogen-bond acceptors (Lipinski definition) is 6. The molecule has 0 aliphatic rings. The Labute approximate surface area is 223 Å². The first kappa shape index (κ1) is 29.1. The zero-order valence-electron chi connectivity index (χ0n) is 22.8. The van der Waals surface area contributed by atoms with Gasteiger partial charge < -0.3 is 19.7 Å². The van der Waals surface area contributed by atoms with Gasteiger partial charge in [-0.1, -0.05) is 30.3 Å². The maximum Gasteiger partial charge on any atom is 0.309 e. The van der Waals surface area contributed by atoms with Crippen LogP contribution in [0.2, 0.25) is 0 Å². The van der Waals surface area contributed by atoms with Crippen molar-refractivity contribution >= 4 is 5.97 Å². The van der Waals surface area contributed by atoms with E-state index >= 15 is 0 Å². The molecule has 0 saturated carbocycles. The fourth-order valence-corrected chi connectivity index (χ4v) is 4.40. The Morgan fingerprint density at radius 3 is 2.37 bits per heavy atom. The number of aliphatic hydroxyl groups excluding tert-OH is 1. The van der Waals surface area contributed by atoms with Gasteiger partial charge in [0.1, 0.15) is 18.2 Å². The van der Waals surface area contributed by atoms with Crippen LogP contribution in [0.3, 0.4) is 0 Å². The molecule has 0 bridgehead atoms. The number of benzene rings is 2. The van der Waals surface area contributed by atoms with Gasteiger partial charge in [0.2, 0.25) is 5.88 Å². The summed E-state index contributed by atoms with van der Waals surface area (Å²) in [4.78, 5) is 17.6. The monoisotopic (exact) mass is 524 g/mol. The molecule has 3 rings (SSSR count). The van der Waals surface area contributed by atoms with Crippen LogP contribution < -0.4 is 9.47 Å². The molecule has 2 atom stereocenters. The van der Waals surface area contributed by atoms with Crippen LogP contribution in [0.5, 0.6) is 11.6 Å². The lowest BCUT2D eigenvalue weighted by atomic mass is 9.96. The quantitative estimate of drug-likeness (QED) is 0.307. The maximum atomic E-state index is 14.9. The second kappa shape index (κ2) is 12.8. The van der Waals surface area contributed by atoms with Crippen LogP contribution in [-0.4, -0.2) is 45.3 Å². The fraction of sp³-hybridized carbons (Fsp3) is 0.400. The van der Waals surface area contributed by atoms with Crippen molar-refractivity contribution in [2.24, 2.45) is 5.92 Å². The molecule has 204 valence electrons. The summed E-state index contributed by atoms with van der Waals surface area (Å²) in [6.45, 7) is 10.8. The lowest BCUT2D eigenvalue weighted by Gasteiger charge is -2.31. The summed E-state index contributed by atoms with van der Waals surface area (Å²) < 4.78 is 26.1. The number of aliphatic hydroxyl groups is 1. The summed E-state index contributed by atoms with van der Waals surface area (Å²) in [5.74, 6) is -1.60. The van der Waals surface area contributed by atoms with Crippen LogP contribution in [0.15, 0.2) is 54.7 Å². The number of carbonyl (C=O) groups is 1. The number of methoxy groups -OCH3 is 1. The minimum Gasteiger partial charge on any atom is -0.489 e. The van der Waals surface area contributed by atoms with Gasteiger partial charge in [-0.3, -0.25) is 9.69 Å². The zero-order chi connectivity index (χ0) is 28.0. The molecular formula is C30H37FN2O5. The average molecular weight is 525 g/mol. The molecule has 1 heterocycles. The van der Waals surface area contributed by atoms with E-state index in [0.717, 1.165) is 16.7 Å². The van der Waals surface area contributed by atoms with Gasteiger partial charge in [0, 0.05) is 30.3 Å². The van der Waals surface area contributed by atoms with E-state index in [4.69, 9.17) is 9.47 Å². The first-order valence-corrected chi connectivity index (χ1v) is 12.7. The first-order valence-electron chi connectivity index (χ1n) is 12.7. The Kier molecular flexibility index (Phi) is 9.83. The number of ether oxygens (including phenoxy) is 2. The van der Waals surface area contributed by atoms with Crippen LogP contribution in [0.4, 0.5) is 4.39 Å². The Balaban J connectivity index is 1.92. The van der Waals surface area contributed by atoms with Crippen molar-refractivity contribution in [3.05, 3.63) is 77.2 Å². The van der Waals surface area contributed by atoms with Gasteiger partial charge in [-0.2, -0.15) is 0 Å². The smallest absolute Gasteiger partial charge is 0.309 e. The van der Waals surface area contributed by atoms with E-state index in [-0.39, 0.29) is 18.7 Å². The third-order valence-electron chi connectivity index (χ3n) is 6.65. The number of hydrogen-bond donors (Lipinski definition) is 2. The molecule has 0 amide bonds. The van der Waals surface area contributed by atoms with Crippen molar-refractivity contribution in [1.29, 1.82) is 0 Å². The Morgan fingerprint density at radius 2 is 1.74 bits per heavy atom. The van der Waals surface area contributed by atoms with Gasteiger partial charge in [0.15, 0.2) is 0 Å². The van der Waals surface area contributed by atoms with Crippen LogP contribution >= 0.6 is 0 Å². The fourth-order valence-electron chi connectivity index (χ4n) is 4.40. The number of pyridine rings is 1. The maximum absolute atomic E-state index is 14.9. The highest BCUT2D eigenvalue weighted by Gasteiger charge is 2.23. The molecular weight excluding hydrogens is 487 g/mol. The number of nitrogens with zero attached hydrogens (tertiary/aromatic N) is 2. The van der Waals surface area contributed by atoms with E-state index in [9.17, 15) is 19.4 Å². The predicted octanol–water partition coefficient (Wildman–Crippen LogP) is 5.85. The second-order valence-electron chi connectivity index (χ2n) is 9.99. The van der Waals surface area contributed by atoms with E-state index < -0.39 is 23.8 Å². The number of aromatic nitrogens is 1. The molecule has 2 N–H and O–H groups in total. The van der Waals surface area contributed by atoms with E-state index in [1.54, 1.807) is 30.3 Å². The van der Waals surface area contributed by atoms with Gasteiger partial charge in [-0.05, 0) is 69.0 Å². The highest BCUT2D eigenvalue weighted by molar-refractivity contribution is 5.70. The largest absolute Gasteiger partial charge is 0.489 e. The zero-order valence-corrected chi connectivity index (χ0v) is 22.8. The minimum absolute atomic E-state index is 0.243. The molecule has 0 fully saturated rings. The Bertz CT molecular complexity index is 1240. The minimum atomic E-state index is -1.15. The third-order valence-corrected chi connectivity index (χ3v) is 6.65. The molecule has 8 heteroatoms. The van der Waals surface area contributed by atoms with Crippen LogP contribution in [0, 0.1) is 11.7 Å². The third kappa shape index (κ3) is 7.08. The van der Waals surface area contributed by atoms with E-state index in [1.807, 2.05) is 18.2 Å². The highest BCUT2D eigenvalue weighted by Crippen LogP contribution is 2.32. The molecule has 2 aromatic carbocycles. The predicted molar refractivity (Wildman–Crippen MR) is 145 cm³/mol. The van der Waals surface area contributed by atoms with Crippen LogP contribution in [-0.2, 0) is 17.9 Å². The molecule has 0 radical (unpaired) electrons. The summed E-state index contributed by atoms with van der Waals surface area (Å²) in [6.07, 6.45) is 0.0248. The molecule has 3 aromatic rings. The number of halogens is 1. The highest BCUT2D eigenvalue weighted by atomic mass is 19.1. The molecule has 0 saturated heterocycles. The summed E-state index contributed by atoms with van der Waals surface area (Å²) in [7, 11) is 1.50. The van der Waals surface area contributed by atoms with Crippen LogP contribution in [0.1, 0.15) is 57.4 Å². The molecule has 38 heavy (non-hydrogen) atoms. The normalized spacial score (nSPS) is 13.1. The standard InChI is InChI=1S/C30H37FN2O5/c1-18(2)33(19(3)4)16-23-12-21(10-11-25(23)26-14-28(37-6)32-15-27(26)31)17-38-24-9-7-8-22(13-24)29(34)20(5)30(35)36/h7-15,18-20,29,34H,16-17H2,1-6H3,(H,35,36)/t20-,29+/m0/s1. The summed E-state index contributed by atoms with van der Waals surface area (Å²) in [5.41, 5.74) is 3.48. The summed E-state index contributed by atoms with van der Waals surface area (Å²) in [6, 6.07) is 14.8. The molecule has 0 spiro atoms. The van der Waals surface area contributed by atoms with Gasteiger partial charge in [-0.25, -0.2) is 9.37 Å². The summed E-state index contributed by atoms with van der Waals surface area (Å²) >= 11 is 0. The van der Waals surface area contributed by atoms with E-state index in [2.05, 4.69) is 37.6 Å². The molecule has 1 aromatic heterocycles. The van der Waals surface area contributed by atoms with Crippen molar-refractivity contribution in [2.75, 3.05) is 7.11 Å². The van der Waals surface area contributed by atoms with Crippen molar-refractivity contribution in [2.45, 2.75) is 66.0 Å². The SMILES string of the molecule is COc1cc(-c2ccc(COc3cccc([C@H](O)[C@H](C)C(=O)O)c3)cc2CN(C(C)C)C(C)C)c(F)cn1. The topological polar surface area (TPSA) is 92.1 Å². The Morgan fingerprint density at radius 1 is 1.03 bits per heavy atom.